The molecule has 1 aromatic rings. The van der Waals surface area contributed by atoms with Crippen LogP contribution in [0, 0.1) is 0 Å². The SMILES string of the molecule is CC(C)(C)OC(=O)N1c2cccc(O)c2CC1C(=O)O. The number of ether oxygens (including phenoxy) is 1. The van der Waals surface area contributed by atoms with Gasteiger partial charge >= 0.3 is 12.1 Å². The van der Waals surface area contributed by atoms with E-state index in [9.17, 15) is 19.8 Å². The van der Waals surface area contributed by atoms with E-state index in [2.05, 4.69) is 0 Å². The highest BCUT2D eigenvalue weighted by Crippen LogP contribution is 2.38. The Balaban J connectivity index is 2.41. The largest absolute Gasteiger partial charge is 0.508 e. The number of anilines is 1. The predicted molar refractivity (Wildman–Crippen MR) is 71.9 cm³/mol. The van der Waals surface area contributed by atoms with E-state index in [-0.39, 0.29) is 12.2 Å². The average Bonchev–Trinajstić information content (AvgIpc) is 2.67. The number of hydrogen-bond acceptors (Lipinski definition) is 4. The highest BCUT2D eigenvalue weighted by molar-refractivity contribution is 5.99. The number of phenolic OH excluding ortho intramolecular Hbond substituents is 1. The van der Waals surface area contributed by atoms with Crippen LogP contribution in [0.15, 0.2) is 18.2 Å². The summed E-state index contributed by atoms with van der Waals surface area (Å²) in [5.74, 6) is -1.15. The van der Waals surface area contributed by atoms with Crippen molar-refractivity contribution in [3.63, 3.8) is 0 Å². The topological polar surface area (TPSA) is 87.1 Å². The number of carbonyl (C=O) groups excluding carboxylic acids is 1. The third-order valence-corrected chi connectivity index (χ3v) is 2.97. The van der Waals surface area contributed by atoms with Crippen LogP contribution < -0.4 is 4.90 Å². The van der Waals surface area contributed by atoms with E-state index in [1.54, 1.807) is 32.9 Å². The monoisotopic (exact) mass is 279 g/mol. The summed E-state index contributed by atoms with van der Waals surface area (Å²) in [5.41, 5.74) is 0.108. The summed E-state index contributed by atoms with van der Waals surface area (Å²) in [6.07, 6.45) is -0.661. The molecule has 108 valence electrons. The Hall–Kier alpha value is -2.24. The van der Waals surface area contributed by atoms with Gasteiger partial charge in [0.1, 0.15) is 17.4 Å². The molecule has 2 rings (SSSR count). The van der Waals surface area contributed by atoms with Gasteiger partial charge < -0.3 is 14.9 Å². The minimum Gasteiger partial charge on any atom is -0.508 e. The van der Waals surface area contributed by atoms with E-state index in [1.165, 1.54) is 6.07 Å². The Morgan fingerprint density at radius 2 is 2.00 bits per heavy atom. The van der Waals surface area contributed by atoms with Crippen molar-refractivity contribution in [2.24, 2.45) is 0 Å². The number of carboxylic acid groups (broad SMARTS) is 1. The van der Waals surface area contributed by atoms with Gasteiger partial charge in [0.2, 0.25) is 0 Å². The highest BCUT2D eigenvalue weighted by atomic mass is 16.6. The van der Waals surface area contributed by atoms with Gasteiger partial charge in [-0.2, -0.15) is 0 Å². The molecule has 0 fully saturated rings. The number of nitrogens with zero attached hydrogens (tertiary/aromatic N) is 1. The van der Waals surface area contributed by atoms with Gasteiger partial charge in [0.15, 0.2) is 0 Å². The molecule has 1 aliphatic rings. The van der Waals surface area contributed by atoms with E-state index in [1.807, 2.05) is 0 Å². The number of benzene rings is 1. The first-order valence-electron chi connectivity index (χ1n) is 6.26. The quantitative estimate of drug-likeness (QED) is 0.822. The van der Waals surface area contributed by atoms with Gasteiger partial charge in [0.05, 0.1) is 5.69 Å². The fraction of sp³-hybridized carbons (Fsp3) is 0.429. The zero-order chi connectivity index (χ0) is 15.1. The van der Waals surface area contributed by atoms with Crippen LogP contribution in [0.3, 0.4) is 0 Å². The number of carbonyl (C=O) groups is 2. The maximum absolute atomic E-state index is 12.2. The lowest BCUT2D eigenvalue weighted by Crippen LogP contribution is -2.45. The number of hydrogen-bond donors (Lipinski definition) is 2. The molecule has 2 N–H and O–H groups in total. The lowest BCUT2D eigenvalue weighted by molar-refractivity contribution is -0.138. The number of rotatable bonds is 1. The summed E-state index contributed by atoms with van der Waals surface area (Å²) in [5, 5.41) is 19.1. The molecular weight excluding hydrogens is 262 g/mol. The minimum absolute atomic E-state index is 0.0141. The Labute approximate surface area is 116 Å². The predicted octanol–water partition coefficient (Wildman–Crippen LogP) is 2.14. The smallest absolute Gasteiger partial charge is 0.415 e. The van der Waals surface area contributed by atoms with Crippen molar-refractivity contribution in [2.45, 2.75) is 38.8 Å². The van der Waals surface area contributed by atoms with Gasteiger partial charge in [-0.25, -0.2) is 9.59 Å². The van der Waals surface area contributed by atoms with Crippen molar-refractivity contribution in [2.75, 3.05) is 4.90 Å². The molecule has 0 bridgehead atoms. The summed E-state index contributed by atoms with van der Waals surface area (Å²) in [6.45, 7) is 5.13. The van der Waals surface area contributed by atoms with Crippen LogP contribution in [-0.2, 0) is 16.0 Å². The van der Waals surface area contributed by atoms with Crippen LogP contribution in [0.2, 0.25) is 0 Å². The molecule has 6 heteroatoms. The molecule has 1 unspecified atom stereocenters. The van der Waals surface area contributed by atoms with Crippen LogP contribution in [0.4, 0.5) is 10.5 Å². The molecule has 20 heavy (non-hydrogen) atoms. The van der Waals surface area contributed by atoms with Crippen molar-refractivity contribution >= 4 is 17.7 Å². The maximum atomic E-state index is 12.2. The number of carboxylic acids is 1. The molecule has 1 amide bonds. The summed E-state index contributed by atoms with van der Waals surface area (Å²) >= 11 is 0. The Bertz CT molecular complexity index is 561. The van der Waals surface area contributed by atoms with Gasteiger partial charge in [0.25, 0.3) is 0 Å². The molecule has 6 nitrogen and oxygen atoms in total. The van der Waals surface area contributed by atoms with E-state index in [0.717, 1.165) is 4.90 Å². The average molecular weight is 279 g/mol. The van der Waals surface area contributed by atoms with Gasteiger partial charge in [-0.3, -0.25) is 4.90 Å². The molecular formula is C14H17NO5. The lowest BCUT2D eigenvalue weighted by Gasteiger charge is -2.27. The standard InChI is InChI=1S/C14H17NO5/c1-14(2,3)20-13(19)15-9-5-4-6-11(16)8(9)7-10(15)12(17)18/h4-6,10,16H,7H2,1-3H3,(H,17,18). The zero-order valence-corrected chi connectivity index (χ0v) is 11.6. The lowest BCUT2D eigenvalue weighted by atomic mass is 10.1. The molecule has 1 aliphatic heterocycles. The summed E-state index contributed by atoms with van der Waals surface area (Å²) < 4.78 is 5.24. The molecule has 0 saturated carbocycles. The third-order valence-electron chi connectivity index (χ3n) is 2.97. The fourth-order valence-corrected chi connectivity index (χ4v) is 2.18. The Morgan fingerprint density at radius 3 is 2.55 bits per heavy atom. The van der Waals surface area contributed by atoms with E-state index in [0.29, 0.717) is 11.3 Å². The maximum Gasteiger partial charge on any atom is 0.415 e. The van der Waals surface area contributed by atoms with Crippen LogP contribution in [-0.4, -0.2) is 33.9 Å². The van der Waals surface area contributed by atoms with Gasteiger partial charge in [0, 0.05) is 12.0 Å². The van der Waals surface area contributed by atoms with Crippen molar-refractivity contribution in [3.8, 4) is 5.75 Å². The van der Waals surface area contributed by atoms with Crippen LogP contribution in [0.5, 0.6) is 5.75 Å². The fourth-order valence-electron chi connectivity index (χ4n) is 2.18. The number of amides is 1. The molecule has 1 heterocycles. The van der Waals surface area contributed by atoms with Crippen molar-refractivity contribution < 1.29 is 24.5 Å². The zero-order valence-electron chi connectivity index (χ0n) is 11.6. The first-order chi connectivity index (χ1) is 9.20. The van der Waals surface area contributed by atoms with E-state index in [4.69, 9.17) is 4.74 Å². The molecule has 0 radical (unpaired) electrons. The molecule has 0 saturated heterocycles. The van der Waals surface area contributed by atoms with E-state index < -0.39 is 23.7 Å². The normalized spacial score (nSPS) is 17.8. The second-order valence-corrected chi connectivity index (χ2v) is 5.68. The van der Waals surface area contributed by atoms with E-state index >= 15 is 0 Å². The first kappa shape index (κ1) is 14.2. The summed E-state index contributed by atoms with van der Waals surface area (Å²) in [4.78, 5) is 24.6. The second kappa shape index (κ2) is 4.70. The summed E-state index contributed by atoms with van der Waals surface area (Å²) in [7, 11) is 0. The van der Waals surface area contributed by atoms with Crippen LogP contribution in [0.25, 0.3) is 0 Å². The molecule has 0 spiro atoms. The third kappa shape index (κ3) is 2.54. The molecule has 0 aliphatic carbocycles. The summed E-state index contributed by atoms with van der Waals surface area (Å²) in [6, 6.07) is 3.57. The molecule has 0 aromatic heterocycles. The number of aromatic hydroxyl groups is 1. The second-order valence-electron chi connectivity index (χ2n) is 5.68. The molecule has 1 aromatic carbocycles. The number of phenols is 1. The van der Waals surface area contributed by atoms with Crippen molar-refractivity contribution in [1.82, 2.24) is 0 Å². The first-order valence-corrected chi connectivity index (χ1v) is 6.26. The Kier molecular flexibility index (Phi) is 3.33. The van der Waals surface area contributed by atoms with Crippen molar-refractivity contribution in [3.05, 3.63) is 23.8 Å². The Morgan fingerprint density at radius 1 is 1.35 bits per heavy atom. The number of aliphatic carboxylic acids is 1. The molecule has 1 atom stereocenters. The minimum atomic E-state index is -1.13. The highest BCUT2D eigenvalue weighted by Gasteiger charge is 2.41. The van der Waals surface area contributed by atoms with Gasteiger partial charge in [-0.15, -0.1) is 0 Å². The van der Waals surface area contributed by atoms with Crippen molar-refractivity contribution in [1.29, 1.82) is 0 Å². The van der Waals surface area contributed by atoms with Crippen LogP contribution in [0.1, 0.15) is 26.3 Å². The van der Waals surface area contributed by atoms with Crippen LogP contribution >= 0.6 is 0 Å². The van der Waals surface area contributed by atoms with Gasteiger partial charge in [-0.1, -0.05) is 6.07 Å². The van der Waals surface area contributed by atoms with Gasteiger partial charge in [-0.05, 0) is 32.9 Å². The number of fused-ring (bicyclic) bond motifs is 1.